The molecule has 0 heterocycles. The van der Waals surface area contributed by atoms with Crippen LogP contribution in [0.2, 0.25) is 0 Å². The summed E-state index contributed by atoms with van der Waals surface area (Å²) in [7, 11) is 0. The number of halogens is 1. The SMILES string of the molecule is CCOc1cccc(OCC)c1Br. The number of ether oxygens (including phenoxy) is 2. The Labute approximate surface area is 87.0 Å². The van der Waals surface area contributed by atoms with Crippen molar-refractivity contribution in [1.29, 1.82) is 0 Å². The van der Waals surface area contributed by atoms with Crippen LogP contribution in [0.15, 0.2) is 22.7 Å². The van der Waals surface area contributed by atoms with Gasteiger partial charge in [0, 0.05) is 0 Å². The highest BCUT2D eigenvalue weighted by Crippen LogP contribution is 2.33. The predicted molar refractivity (Wildman–Crippen MR) is 56.5 cm³/mol. The molecule has 1 aromatic rings. The number of benzene rings is 1. The molecule has 0 radical (unpaired) electrons. The quantitative estimate of drug-likeness (QED) is 0.810. The van der Waals surface area contributed by atoms with Crippen LogP contribution < -0.4 is 9.47 Å². The minimum absolute atomic E-state index is 0.661. The fourth-order valence-corrected chi connectivity index (χ4v) is 1.52. The molecule has 0 fully saturated rings. The highest BCUT2D eigenvalue weighted by atomic mass is 79.9. The van der Waals surface area contributed by atoms with Gasteiger partial charge in [0.2, 0.25) is 0 Å². The summed E-state index contributed by atoms with van der Waals surface area (Å²) in [5.41, 5.74) is 0. The minimum atomic E-state index is 0.661. The van der Waals surface area contributed by atoms with Gasteiger partial charge in [0.15, 0.2) is 0 Å². The second-order valence-electron chi connectivity index (χ2n) is 2.43. The lowest BCUT2D eigenvalue weighted by molar-refractivity contribution is 0.319. The van der Waals surface area contributed by atoms with Crippen LogP contribution in [0, 0.1) is 0 Å². The van der Waals surface area contributed by atoms with E-state index in [1.54, 1.807) is 0 Å². The Balaban J connectivity index is 2.89. The lowest BCUT2D eigenvalue weighted by Crippen LogP contribution is -1.96. The zero-order valence-corrected chi connectivity index (χ0v) is 9.43. The Hall–Kier alpha value is -0.700. The Bertz CT molecular complexity index is 249. The zero-order valence-electron chi connectivity index (χ0n) is 7.84. The Morgan fingerprint density at radius 2 is 1.54 bits per heavy atom. The van der Waals surface area contributed by atoms with E-state index in [4.69, 9.17) is 9.47 Å². The maximum Gasteiger partial charge on any atom is 0.137 e. The van der Waals surface area contributed by atoms with E-state index < -0.39 is 0 Å². The van der Waals surface area contributed by atoms with Crippen molar-refractivity contribution < 1.29 is 9.47 Å². The molecule has 3 heteroatoms. The van der Waals surface area contributed by atoms with Crippen LogP contribution in [0.3, 0.4) is 0 Å². The van der Waals surface area contributed by atoms with E-state index in [0.29, 0.717) is 13.2 Å². The van der Waals surface area contributed by atoms with E-state index in [0.717, 1.165) is 16.0 Å². The van der Waals surface area contributed by atoms with Crippen LogP contribution in [0.1, 0.15) is 13.8 Å². The Morgan fingerprint density at radius 3 is 1.92 bits per heavy atom. The smallest absolute Gasteiger partial charge is 0.137 e. The highest BCUT2D eigenvalue weighted by molar-refractivity contribution is 9.10. The molecule has 0 saturated heterocycles. The fraction of sp³-hybridized carbons (Fsp3) is 0.400. The maximum absolute atomic E-state index is 5.40. The van der Waals surface area contributed by atoms with Crippen molar-refractivity contribution in [2.75, 3.05) is 13.2 Å². The molecule has 0 bridgehead atoms. The van der Waals surface area contributed by atoms with Crippen molar-refractivity contribution in [3.63, 3.8) is 0 Å². The van der Waals surface area contributed by atoms with Gasteiger partial charge in [-0.1, -0.05) is 6.07 Å². The largest absolute Gasteiger partial charge is 0.493 e. The molecule has 1 rings (SSSR count). The molecule has 0 aliphatic rings. The first-order chi connectivity index (χ1) is 6.29. The summed E-state index contributed by atoms with van der Waals surface area (Å²) < 4.78 is 11.7. The summed E-state index contributed by atoms with van der Waals surface area (Å²) in [6.45, 7) is 5.24. The molecule has 0 aromatic heterocycles. The molecule has 0 spiro atoms. The van der Waals surface area contributed by atoms with Crippen LogP contribution in [0.25, 0.3) is 0 Å². The summed E-state index contributed by atoms with van der Waals surface area (Å²) in [6.07, 6.45) is 0. The molecule has 0 saturated carbocycles. The summed E-state index contributed by atoms with van der Waals surface area (Å²) in [4.78, 5) is 0. The molecule has 0 atom stereocenters. The first-order valence-corrected chi connectivity index (χ1v) is 5.13. The van der Waals surface area contributed by atoms with Crippen LogP contribution >= 0.6 is 15.9 Å². The third-order valence-corrected chi connectivity index (χ3v) is 2.31. The van der Waals surface area contributed by atoms with E-state index in [9.17, 15) is 0 Å². The van der Waals surface area contributed by atoms with Crippen molar-refractivity contribution in [1.82, 2.24) is 0 Å². The Kier molecular flexibility index (Phi) is 4.09. The van der Waals surface area contributed by atoms with Crippen molar-refractivity contribution in [3.8, 4) is 11.5 Å². The molecule has 0 aliphatic heterocycles. The number of hydrogen-bond donors (Lipinski definition) is 0. The third-order valence-electron chi connectivity index (χ3n) is 1.53. The van der Waals surface area contributed by atoms with E-state index in [1.165, 1.54) is 0 Å². The molecule has 0 N–H and O–H groups in total. The van der Waals surface area contributed by atoms with Crippen LogP contribution in [0.5, 0.6) is 11.5 Å². The van der Waals surface area contributed by atoms with Crippen LogP contribution in [-0.4, -0.2) is 13.2 Å². The van der Waals surface area contributed by atoms with Gasteiger partial charge in [-0.25, -0.2) is 0 Å². The highest BCUT2D eigenvalue weighted by Gasteiger charge is 2.05. The third kappa shape index (κ3) is 2.62. The van der Waals surface area contributed by atoms with Crippen molar-refractivity contribution in [2.45, 2.75) is 13.8 Å². The van der Waals surface area contributed by atoms with Gasteiger partial charge in [-0.2, -0.15) is 0 Å². The van der Waals surface area contributed by atoms with Gasteiger partial charge >= 0.3 is 0 Å². The van der Waals surface area contributed by atoms with Gasteiger partial charge in [-0.15, -0.1) is 0 Å². The van der Waals surface area contributed by atoms with E-state index >= 15 is 0 Å². The minimum Gasteiger partial charge on any atom is -0.493 e. The number of rotatable bonds is 4. The second-order valence-corrected chi connectivity index (χ2v) is 3.23. The molecule has 2 nitrogen and oxygen atoms in total. The van der Waals surface area contributed by atoms with Crippen molar-refractivity contribution in [2.24, 2.45) is 0 Å². The normalized spacial score (nSPS) is 9.77. The maximum atomic E-state index is 5.40. The second kappa shape index (κ2) is 5.12. The van der Waals surface area contributed by atoms with Gasteiger partial charge < -0.3 is 9.47 Å². The molecule has 13 heavy (non-hydrogen) atoms. The Morgan fingerprint density at radius 1 is 1.08 bits per heavy atom. The van der Waals surface area contributed by atoms with E-state index in [2.05, 4.69) is 15.9 Å². The average molecular weight is 245 g/mol. The molecule has 1 aromatic carbocycles. The van der Waals surface area contributed by atoms with Gasteiger partial charge in [0.25, 0.3) is 0 Å². The lowest BCUT2D eigenvalue weighted by Gasteiger charge is -2.09. The lowest BCUT2D eigenvalue weighted by atomic mass is 10.3. The molecular formula is C10H13BrO2. The summed E-state index contributed by atoms with van der Waals surface area (Å²) in [6, 6.07) is 5.74. The monoisotopic (exact) mass is 244 g/mol. The van der Waals surface area contributed by atoms with Gasteiger partial charge in [0.05, 0.1) is 13.2 Å². The topological polar surface area (TPSA) is 18.5 Å². The van der Waals surface area contributed by atoms with Crippen LogP contribution in [0.4, 0.5) is 0 Å². The summed E-state index contributed by atoms with van der Waals surface area (Å²) in [5.74, 6) is 1.65. The average Bonchev–Trinajstić information content (AvgIpc) is 2.13. The first-order valence-electron chi connectivity index (χ1n) is 4.33. The predicted octanol–water partition coefficient (Wildman–Crippen LogP) is 3.25. The van der Waals surface area contributed by atoms with Gasteiger partial charge in [-0.3, -0.25) is 0 Å². The molecule has 0 unspecified atom stereocenters. The number of hydrogen-bond acceptors (Lipinski definition) is 2. The van der Waals surface area contributed by atoms with E-state index in [-0.39, 0.29) is 0 Å². The molecule has 0 aliphatic carbocycles. The first kappa shape index (κ1) is 10.4. The standard InChI is InChI=1S/C10H13BrO2/c1-3-12-8-6-5-7-9(10(8)11)13-4-2/h5-7H,3-4H2,1-2H3. The van der Waals surface area contributed by atoms with Gasteiger partial charge in [-0.05, 0) is 41.9 Å². The summed E-state index contributed by atoms with van der Waals surface area (Å²) in [5, 5.41) is 0. The summed E-state index contributed by atoms with van der Waals surface area (Å²) >= 11 is 3.43. The molecule has 0 amide bonds. The molecular weight excluding hydrogens is 232 g/mol. The van der Waals surface area contributed by atoms with E-state index in [1.807, 2.05) is 32.0 Å². The van der Waals surface area contributed by atoms with Crippen molar-refractivity contribution in [3.05, 3.63) is 22.7 Å². The zero-order chi connectivity index (χ0) is 9.68. The van der Waals surface area contributed by atoms with Gasteiger partial charge in [0.1, 0.15) is 16.0 Å². The van der Waals surface area contributed by atoms with Crippen molar-refractivity contribution >= 4 is 15.9 Å². The van der Waals surface area contributed by atoms with Crippen LogP contribution in [-0.2, 0) is 0 Å². The molecule has 72 valence electrons. The fourth-order valence-electron chi connectivity index (χ4n) is 1.02.